The summed E-state index contributed by atoms with van der Waals surface area (Å²) in [6.07, 6.45) is 0.769. The number of hydrogen-bond acceptors (Lipinski definition) is 2. The standard InChI is InChI=1S/C18H17ClO2/c1-12-11-16(13-7-9-15(19)10-8-13)17(18(20)21-12)14-5-3-2-4-6-14/h2-10,12,16-17H,11H2,1H3/t12-,16?,17-/m1/s1. The van der Waals surface area contributed by atoms with Crippen molar-refractivity contribution in [1.29, 1.82) is 0 Å². The van der Waals surface area contributed by atoms with Gasteiger partial charge >= 0.3 is 5.97 Å². The van der Waals surface area contributed by atoms with Crippen molar-refractivity contribution in [2.75, 3.05) is 0 Å². The van der Waals surface area contributed by atoms with Crippen LogP contribution in [0.4, 0.5) is 0 Å². The van der Waals surface area contributed by atoms with Crippen LogP contribution in [0.1, 0.15) is 36.3 Å². The molecule has 0 amide bonds. The zero-order valence-electron chi connectivity index (χ0n) is 11.8. The molecule has 0 bridgehead atoms. The van der Waals surface area contributed by atoms with Crippen molar-refractivity contribution in [3.05, 3.63) is 70.7 Å². The minimum atomic E-state index is -0.247. The molecule has 0 radical (unpaired) electrons. The van der Waals surface area contributed by atoms with Gasteiger partial charge in [0, 0.05) is 10.9 Å². The highest BCUT2D eigenvalue weighted by Crippen LogP contribution is 2.41. The number of cyclic esters (lactones) is 1. The van der Waals surface area contributed by atoms with E-state index in [0.717, 1.165) is 17.5 Å². The number of benzene rings is 2. The van der Waals surface area contributed by atoms with Gasteiger partial charge in [-0.3, -0.25) is 4.79 Å². The molecule has 3 atom stereocenters. The molecule has 1 aliphatic heterocycles. The Morgan fingerprint density at radius 1 is 1.00 bits per heavy atom. The van der Waals surface area contributed by atoms with Gasteiger partial charge in [0.15, 0.2) is 0 Å². The molecule has 1 unspecified atom stereocenters. The summed E-state index contributed by atoms with van der Waals surface area (Å²) in [6.45, 7) is 1.95. The molecule has 2 aromatic carbocycles. The average molecular weight is 301 g/mol. The van der Waals surface area contributed by atoms with E-state index in [1.54, 1.807) is 0 Å². The Hall–Kier alpha value is -1.80. The van der Waals surface area contributed by atoms with Gasteiger partial charge in [0.25, 0.3) is 0 Å². The fraction of sp³-hybridized carbons (Fsp3) is 0.278. The molecule has 0 spiro atoms. The first-order valence-electron chi connectivity index (χ1n) is 7.16. The predicted molar refractivity (Wildman–Crippen MR) is 83.5 cm³/mol. The smallest absolute Gasteiger partial charge is 0.314 e. The van der Waals surface area contributed by atoms with Gasteiger partial charge < -0.3 is 4.74 Å². The Bertz CT molecular complexity index is 621. The summed E-state index contributed by atoms with van der Waals surface area (Å²) in [4.78, 5) is 12.4. The Kier molecular flexibility index (Phi) is 3.98. The van der Waals surface area contributed by atoms with Crippen LogP contribution in [-0.4, -0.2) is 12.1 Å². The third-order valence-electron chi connectivity index (χ3n) is 4.02. The van der Waals surface area contributed by atoms with Gasteiger partial charge in [0.05, 0.1) is 12.0 Å². The second kappa shape index (κ2) is 5.90. The molecule has 0 aliphatic carbocycles. The Morgan fingerprint density at radius 3 is 2.33 bits per heavy atom. The van der Waals surface area contributed by atoms with Gasteiger partial charge in [-0.05, 0) is 36.6 Å². The first-order valence-corrected chi connectivity index (χ1v) is 7.54. The summed E-state index contributed by atoms with van der Waals surface area (Å²) >= 11 is 5.97. The topological polar surface area (TPSA) is 26.3 Å². The van der Waals surface area contributed by atoms with Crippen molar-refractivity contribution in [3.8, 4) is 0 Å². The van der Waals surface area contributed by atoms with E-state index in [2.05, 4.69) is 0 Å². The first-order chi connectivity index (χ1) is 10.1. The van der Waals surface area contributed by atoms with E-state index in [0.29, 0.717) is 5.02 Å². The van der Waals surface area contributed by atoms with Crippen molar-refractivity contribution in [1.82, 2.24) is 0 Å². The molecule has 0 N–H and O–H groups in total. The molecule has 0 aromatic heterocycles. The maximum Gasteiger partial charge on any atom is 0.314 e. The van der Waals surface area contributed by atoms with Gasteiger partial charge in [-0.1, -0.05) is 54.1 Å². The minimum absolute atomic E-state index is 0.0573. The van der Waals surface area contributed by atoms with Crippen LogP contribution < -0.4 is 0 Å². The lowest BCUT2D eigenvalue weighted by atomic mass is 9.77. The maximum atomic E-state index is 12.4. The molecule has 2 aromatic rings. The Morgan fingerprint density at radius 2 is 1.67 bits per heavy atom. The summed E-state index contributed by atoms with van der Waals surface area (Å²) in [5.41, 5.74) is 2.14. The van der Waals surface area contributed by atoms with Crippen LogP contribution in [-0.2, 0) is 9.53 Å². The third-order valence-corrected chi connectivity index (χ3v) is 4.27. The van der Waals surface area contributed by atoms with Crippen LogP contribution in [0, 0.1) is 0 Å². The number of hydrogen-bond donors (Lipinski definition) is 0. The summed E-state index contributed by atoms with van der Waals surface area (Å²) in [5.74, 6) is -0.260. The van der Waals surface area contributed by atoms with Crippen molar-refractivity contribution < 1.29 is 9.53 Å². The van der Waals surface area contributed by atoms with Gasteiger partial charge in [-0.15, -0.1) is 0 Å². The zero-order valence-corrected chi connectivity index (χ0v) is 12.6. The van der Waals surface area contributed by atoms with E-state index in [4.69, 9.17) is 16.3 Å². The van der Waals surface area contributed by atoms with E-state index < -0.39 is 0 Å². The molecule has 1 saturated heterocycles. The number of rotatable bonds is 2. The number of carbonyl (C=O) groups is 1. The second-order valence-electron chi connectivity index (χ2n) is 5.53. The van der Waals surface area contributed by atoms with Crippen LogP contribution in [0.25, 0.3) is 0 Å². The van der Waals surface area contributed by atoms with E-state index >= 15 is 0 Å². The highest BCUT2D eigenvalue weighted by molar-refractivity contribution is 6.30. The summed E-state index contributed by atoms with van der Waals surface area (Å²) < 4.78 is 5.46. The largest absolute Gasteiger partial charge is 0.462 e. The molecule has 21 heavy (non-hydrogen) atoms. The third kappa shape index (κ3) is 2.96. The molecule has 1 aliphatic rings. The van der Waals surface area contributed by atoms with Crippen molar-refractivity contribution in [2.24, 2.45) is 0 Å². The predicted octanol–water partition coefficient (Wildman–Crippen LogP) is 4.54. The summed E-state index contributed by atoms with van der Waals surface area (Å²) in [6, 6.07) is 17.6. The van der Waals surface area contributed by atoms with Gasteiger partial charge in [0.2, 0.25) is 0 Å². The highest BCUT2D eigenvalue weighted by atomic mass is 35.5. The van der Waals surface area contributed by atoms with Crippen LogP contribution in [0.15, 0.2) is 54.6 Å². The minimum Gasteiger partial charge on any atom is -0.462 e. The van der Waals surface area contributed by atoms with Crippen LogP contribution in [0.2, 0.25) is 5.02 Å². The SMILES string of the molecule is C[C@@H]1CC(c2ccc(Cl)cc2)[C@@H](c2ccccc2)C(=O)O1. The molecule has 1 fully saturated rings. The lowest BCUT2D eigenvalue weighted by molar-refractivity contribution is -0.156. The quantitative estimate of drug-likeness (QED) is 0.761. The van der Waals surface area contributed by atoms with Gasteiger partial charge in [0.1, 0.15) is 0 Å². The van der Waals surface area contributed by atoms with E-state index in [1.165, 1.54) is 0 Å². The van der Waals surface area contributed by atoms with E-state index in [1.807, 2.05) is 61.5 Å². The van der Waals surface area contributed by atoms with Gasteiger partial charge in [-0.2, -0.15) is 0 Å². The maximum absolute atomic E-state index is 12.4. The monoisotopic (exact) mass is 300 g/mol. The fourth-order valence-corrected chi connectivity index (χ4v) is 3.17. The molecular formula is C18H17ClO2. The van der Waals surface area contributed by atoms with Crippen molar-refractivity contribution in [3.63, 3.8) is 0 Å². The van der Waals surface area contributed by atoms with Crippen molar-refractivity contribution in [2.45, 2.75) is 31.3 Å². The number of ether oxygens (including phenoxy) is 1. The van der Waals surface area contributed by atoms with Gasteiger partial charge in [-0.25, -0.2) is 0 Å². The zero-order chi connectivity index (χ0) is 14.8. The van der Waals surface area contributed by atoms with Crippen LogP contribution >= 0.6 is 11.6 Å². The highest BCUT2D eigenvalue weighted by Gasteiger charge is 2.38. The molecule has 1 heterocycles. The average Bonchev–Trinajstić information content (AvgIpc) is 2.48. The lowest BCUT2D eigenvalue weighted by Gasteiger charge is -2.34. The van der Waals surface area contributed by atoms with Crippen molar-refractivity contribution >= 4 is 17.6 Å². The molecule has 2 nitrogen and oxygen atoms in total. The molecule has 108 valence electrons. The first kappa shape index (κ1) is 14.2. The van der Waals surface area contributed by atoms with E-state index in [9.17, 15) is 4.79 Å². The lowest BCUT2D eigenvalue weighted by Crippen LogP contribution is -2.34. The normalized spacial score (nSPS) is 25.4. The Balaban J connectivity index is 2.01. The number of esters is 1. The van der Waals surface area contributed by atoms with Crippen LogP contribution in [0.3, 0.4) is 0 Å². The summed E-state index contributed by atoms with van der Waals surface area (Å²) in [7, 11) is 0. The number of halogens is 1. The molecule has 3 heteroatoms. The fourth-order valence-electron chi connectivity index (χ4n) is 3.04. The number of carbonyl (C=O) groups excluding carboxylic acids is 1. The molecular weight excluding hydrogens is 284 g/mol. The Labute approximate surface area is 129 Å². The second-order valence-corrected chi connectivity index (χ2v) is 5.97. The van der Waals surface area contributed by atoms with E-state index in [-0.39, 0.29) is 23.9 Å². The molecule has 0 saturated carbocycles. The summed E-state index contributed by atoms with van der Waals surface area (Å²) in [5, 5.41) is 0.710. The van der Waals surface area contributed by atoms with Crippen LogP contribution in [0.5, 0.6) is 0 Å². The molecule has 3 rings (SSSR count).